The second-order valence-corrected chi connectivity index (χ2v) is 7.28. The zero-order valence-corrected chi connectivity index (χ0v) is 15.4. The number of benzene rings is 2. The van der Waals surface area contributed by atoms with Gasteiger partial charge in [-0.15, -0.1) is 0 Å². The van der Waals surface area contributed by atoms with Crippen LogP contribution in [0.4, 0.5) is 0 Å². The fourth-order valence-corrected chi connectivity index (χ4v) is 3.78. The minimum Gasteiger partial charge on any atom is -0.336 e. The van der Waals surface area contributed by atoms with Gasteiger partial charge in [-0.3, -0.25) is 4.79 Å². The Labute approximate surface area is 154 Å². The second-order valence-electron chi connectivity index (χ2n) is 7.28. The van der Waals surface area contributed by atoms with E-state index in [-0.39, 0.29) is 5.91 Å². The highest BCUT2D eigenvalue weighted by Crippen LogP contribution is 2.28. The van der Waals surface area contributed by atoms with Crippen LogP contribution >= 0.6 is 0 Å². The van der Waals surface area contributed by atoms with E-state index in [2.05, 4.69) is 38.1 Å². The van der Waals surface area contributed by atoms with Gasteiger partial charge in [-0.25, -0.2) is 4.98 Å². The maximum absolute atomic E-state index is 13.4. The molecule has 0 N–H and O–H groups in total. The molecule has 2 aromatic carbocycles. The number of carbonyl (C=O) groups is 1. The van der Waals surface area contributed by atoms with Crippen molar-refractivity contribution in [1.29, 1.82) is 0 Å². The molecule has 3 heteroatoms. The smallest absolute Gasteiger partial charge is 0.254 e. The Bertz CT molecular complexity index is 946. The van der Waals surface area contributed by atoms with Crippen molar-refractivity contribution in [1.82, 2.24) is 9.88 Å². The molecule has 132 valence electrons. The number of para-hydroxylation sites is 1. The molecule has 0 bridgehead atoms. The second kappa shape index (κ2) is 6.91. The Hall–Kier alpha value is -2.68. The van der Waals surface area contributed by atoms with Gasteiger partial charge in [0.1, 0.15) is 0 Å². The number of likely N-dealkylation sites (tertiary alicyclic amines) is 1. The summed E-state index contributed by atoms with van der Waals surface area (Å²) in [6, 6.07) is 18.5. The first-order valence-corrected chi connectivity index (χ1v) is 9.41. The van der Waals surface area contributed by atoms with Crippen LogP contribution in [0.5, 0.6) is 0 Å². The Balaban J connectivity index is 1.84. The van der Waals surface area contributed by atoms with Gasteiger partial charge in [0.25, 0.3) is 5.91 Å². The molecule has 26 heavy (non-hydrogen) atoms. The van der Waals surface area contributed by atoms with E-state index in [1.54, 1.807) is 0 Å². The molecule has 0 saturated carbocycles. The van der Waals surface area contributed by atoms with E-state index in [0.29, 0.717) is 6.04 Å². The van der Waals surface area contributed by atoms with Crippen molar-refractivity contribution in [3.63, 3.8) is 0 Å². The average Bonchev–Trinajstić information content (AvgIpc) is 2.67. The number of amides is 1. The number of aryl methyl sites for hydroxylation is 1. The molecule has 3 nitrogen and oxygen atoms in total. The van der Waals surface area contributed by atoms with Gasteiger partial charge in [0.2, 0.25) is 0 Å². The van der Waals surface area contributed by atoms with E-state index in [1.165, 1.54) is 12.0 Å². The van der Waals surface area contributed by atoms with Gasteiger partial charge in [-0.2, -0.15) is 0 Å². The van der Waals surface area contributed by atoms with Crippen LogP contribution in [0.15, 0.2) is 54.6 Å². The minimum atomic E-state index is 0.129. The number of fused-ring (bicyclic) bond motifs is 1. The molecule has 3 aromatic rings. The monoisotopic (exact) mass is 344 g/mol. The average molecular weight is 344 g/mol. The van der Waals surface area contributed by atoms with Crippen LogP contribution in [0, 0.1) is 6.92 Å². The zero-order valence-electron chi connectivity index (χ0n) is 15.4. The third kappa shape index (κ3) is 3.10. The fraction of sp³-hybridized carbons (Fsp3) is 0.304. The molecule has 0 aliphatic carbocycles. The Morgan fingerprint density at radius 2 is 1.85 bits per heavy atom. The van der Waals surface area contributed by atoms with E-state index in [0.717, 1.165) is 47.1 Å². The number of nitrogens with zero attached hydrogens (tertiary/aromatic N) is 2. The van der Waals surface area contributed by atoms with Gasteiger partial charge in [0.05, 0.1) is 16.8 Å². The van der Waals surface area contributed by atoms with E-state index >= 15 is 0 Å². The molecule has 0 spiro atoms. The predicted molar refractivity (Wildman–Crippen MR) is 106 cm³/mol. The first-order chi connectivity index (χ1) is 12.6. The maximum atomic E-state index is 13.4. The molecule has 1 aliphatic rings. The largest absolute Gasteiger partial charge is 0.336 e. The normalized spacial score (nSPS) is 17.5. The van der Waals surface area contributed by atoms with Gasteiger partial charge in [-0.05, 0) is 45.2 Å². The number of pyridine rings is 1. The van der Waals surface area contributed by atoms with Crippen molar-refractivity contribution < 1.29 is 4.79 Å². The van der Waals surface area contributed by atoms with Gasteiger partial charge < -0.3 is 4.90 Å². The number of aromatic nitrogens is 1. The topological polar surface area (TPSA) is 33.2 Å². The van der Waals surface area contributed by atoms with Crippen molar-refractivity contribution in [2.75, 3.05) is 6.54 Å². The first-order valence-electron chi connectivity index (χ1n) is 9.41. The fourth-order valence-electron chi connectivity index (χ4n) is 3.78. The predicted octanol–water partition coefficient (Wildman–Crippen LogP) is 5.22. The Kier molecular flexibility index (Phi) is 4.46. The van der Waals surface area contributed by atoms with Crippen molar-refractivity contribution in [3.8, 4) is 11.3 Å². The molecule has 0 radical (unpaired) electrons. The zero-order chi connectivity index (χ0) is 18.1. The summed E-state index contributed by atoms with van der Waals surface area (Å²) < 4.78 is 0. The molecule has 1 aromatic heterocycles. The van der Waals surface area contributed by atoms with Crippen LogP contribution in [0.2, 0.25) is 0 Å². The number of piperidine rings is 1. The molecule has 1 fully saturated rings. The Morgan fingerprint density at radius 3 is 2.62 bits per heavy atom. The lowest BCUT2D eigenvalue weighted by molar-refractivity contribution is 0.0637. The van der Waals surface area contributed by atoms with Crippen molar-refractivity contribution in [2.45, 2.75) is 39.2 Å². The maximum Gasteiger partial charge on any atom is 0.254 e. The molecule has 2 heterocycles. The number of hydrogen-bond donors (Lipinski definition) is 0. The highest BCUT2D eigenvalue weighted by Gasteiger charge is 2.26. The number of rotatable bonds is 2. The van der Waals surface area contributed by atoms with Gasteiger partial charge in [0, 0.05) is 23.5 Å². The SMILES string of the molecule is Cc1ccc(-c2cc(C(=O)N3CCCCC3C)c3ccccc3n2)cc1. The van der Waals surface area contributed by atoms with E-state index < -0.39 is 0 Å². The summed E-state index contributed by atoms with van der Waals surface area (Å²) in [5.74, 6) is 0.129. The molecule has 1 saturated heterocycles. The van der Waals surface area contributed by atoms with E-state index in [1.807, 2.05) is 35.2 Å². The quantitative estimate of drug-likeness (QED) is 0.638. The van der Waals surface area contributed by atoms with Crippen molar-refractivity contribution in [3.05, 3.63) is 65.7 Å². The summed E-state index contributed by atoms with van der Waals surface area (Å²) in [4.78, 5) is 20.2. The highest BCUT2D eigenvalue weighted by atomic mass is 16.2. The lowest BCUT2D eigenvalue weighted by Crippen LogP contribution is -2.42. The molecule has 1 aliphatic heterocycles. The molecule has 1 amide bonds. The van der Waals surface area contributed by atoms with E-state index in [4.69, 9.17) is 4.98 Å². The summed E-state index contributed by atoms with van der Waals surface area (Å²) in [5, 5.41) is 0.936. The van der Waals surface area contributed by atoms with Gasteiger partial charge >= 0.3 is 0 Å². The van der Waals surface area contributed by atoms with Gasteiger partial charge in [-0.1, -0.05) is 48.0 Å². The molecular formula is C23H24N2O. The van der Waals surface area contributed by atoms with Crippen LogP contribution in [0.3, 0.4) is 0 Å². The lowest BCUT2D eigenvalue weighted by Gasteiger charge is -2.33. The highest BCUT2D eigenvalue weighted by molar-refractivity contribution is 6.07. The summed E-state index contributed by atoms with van der Waals surface area (Å²) in [6.07, 6.45) is 3.38. The van der Waals surface area contributed by atoms with Crippen LogP contribution in [0.1, 0.15) is 42.1 Å². The van der Waals surface area contributed by atoms with Crippen LogP contribution in [-0.2, 0) is 0 Å². The van der Waals surface area contributed by atoms with Crippen LogP contribution < -0.4 is 0 Å². The lowest BCUT2D eigenvalue weighted by atomic mass is 9.99. The summed E-state index contributed by atoms with van der Waals surface area (Å²) in [7, 11) is 0. The van der Waals surface area contributed by atoms with Crippen molar-refractivity contribution >= 4 is 16.8 Å². The van der Waals surface area contributed by atoms with Crippen molar-refractivity contribution in [2.24, 2.45) is 0 Å². The third-order valence-corrected chi connectivity index (χ3v) is 5.36. The Morgan fingerprint density at radius 1 is 1.08 bits per heavy atom. The minimum absolute atomic E-state index is 0.129. The molecule has 4 rings (SSSR count). The van der Waals surface area contributed by atoms with E-state index in [9.17, 15) is 4.79 Å². The standard InChI is InChI=1S/C23H24N2O/c1-16-10-12-18(13-11-16)22-15-20(19-8-3-4-9-21(19)24-22)23(26)25-14-6-5-7-17(25)2/h3-4,8-13,15,17H,5-7,14H2,1-2H3. The summed E-state index contributed by atoms with van der Waals surface area (Å²) in [6.45, 7) is 5.07. The molecule has 1 unspecified atom stereocenters. The van der Waals surface area contributed by atoms with Crippen LogP contribution in [0.25, 0.3) is 22.2 Å². The summed E-state index contributed by atoms with van der Waals surface area (Å²) >= 11 is 0. The third-order valence-electron chi connectivity index (χ3n) is 5.36. The van der Waals surface area contributed by atoms with Gasteiger partial charge in [0.15, 0.2) is 0 Å². The summed E-state index contributed by atoms with van der Waals surface area (Å²) in [5.41, 5.74) is 4.75. The van der Waals surface area contributed by atoms with Crippen LogP contribution in [-0.4, -0.2) is 28.4 Å². The first kappa shape index (κ1) is 16.8. The molecular weight excluding hydrogens is 320 g/mol. The number of hydrogen-bond acceptors (Lipinski definition) is 2. The molecule has 1 atom stereocenters. The number of carbonyl (C=O) groups excluding carboxylic acids is 1.